The number of para-hydroxylation sites is 1. The van der Waals surface area contributed by atoms with Crippen LogP contribution in [0.5, 0.6) is 0 Å². The topological polar surface area (TPSA) is 74.6 Å². The Morgan fingerprint density at radius 1 is 0.897 bits per heavy atom. The number of rotatable bonds is 3. The van der Waals surface area contributed by atoms with Gasteiger partial charge in [-0.3, -0.25) is 4.79 Å². The summed E-state index contributed by atoms with van der Waals surface area (Å²) < 4.78 is 11.6. The van der Waals surface area contributed by atoms with Gasteiger partial charge in [-0.15, -0.1) is 0 Å². The van der Waals surface area contributed by atoms with Gasteiger partial charge >= 0.3 is 12.1 Å². The van der Waals surface area contributed by atoms with Crippen LogP contribution in [-0.2, 0) is 9.47 Å². The fourth-order valence-corrected chi connectivity index (χ4v) is 3.22. The molecule has 0 fully saturated rings. The Morgan fingerprint density at radius 2 is 1.48 bits per heavy atom. The molecule has 3 aromatic rings. The highest BCUT2D eigenvalue weighted by molar-refractivity contribution is 6.18. The molecule has 1 aromatic heterocycles. The number of fused-ring (bicyclic) bond motifs is 1. The van der Waals surface area contributed by atoms with E-state index in [0.29, 0.717) is 33.3 Å². The zero-order chi connectivity index (χ0) is 21.3. The molecule has 150 valence electrons. The minimum atomic E-state index is -0.664. The lowest BCUT2D eigenvalue weighted by molar-refractivity contribution is 0.0540. The second-order valence-corrected chi connectivity index (χ2v) is 7.69. The minimum absolute atomic E-state index is 0.238. The standard InChI is InChI=1S/C23H23NO5/c1-14-19(20(25)15-10-12-16(13-11-15)21(26)28-5)17-8-6-7-9-18(17)24(14)22(27)29-23(2,3)4/h6-13H,1-5H3. The Balaban J connectivity index is 2.10. The zero-order valence-corrected chi connectivity index (χ0v) is 17.1. The first-order chi connectivity index (χ1) is 13.6. The van der Waals surface area contributed by atoms with E-state index in [1.165, 1.54) is 11.7 Å². The highest BCUT2D eigenvalue weighted by atomic mass is 16.6. The summed E-state index contributed by atoms with van der Waals surface area (Å²) in [5, 5.41) is 0.665. The molecule has 29 heavy (non-hydrogen) atoms. The molecular formula is C23H23NO5. The predicted octanol–water partition coefficient (Wildman–Crippen LogP) is 4.75. The molecule has 0 atom stereocenters. The van der Waals surface area contributed by atoms with Crippen molar-refractivity contribution in [2.24, 2.45) is 0 Å². The SMILES string of the molecule is COC(=O)c1ccc(C(=O)c2c(C)n(C(=O)OC(C)(C)C)c3ccccc23)cc1. The number of esters is 1. The summed E-state index contributed by atoms with van der Waals surface area (Å²) in [5.74, 6) is -0.709. The smallest absolute Gasteiger partial charge is 0.419 e. The van der Waals surface area contributed by atoms with Gasteiger partial charge in [-0.05, 0) is 45.9 Å². The van der Waals surface area contributed by atoms with E-state index in [2.05, 4.69) is 4.74 Å². The number of hydrogen-bond donors (Lipinski definition) is 0. The van der Waals surface area contributed by atoms with Crippen LogP contribution in [0.3, 0.4) is 0 Å². The summed E-state index contributed by atoms with van der Waals surface area (Å²) in [6.45, 7) is 7.10. The minimum Gasteiger partial charge on any atom is -0.465 e. The maximum absolute atomic E-state index is 13.3. The number of benzene rings is 2. The number of hydrogen-bond acceptors (Lipinski definition) is 5. The van der Waals surface area contributed by atoms with Gasteiger partial charge in [-0.1, -0.05) is 30.3 Å². The lowest BCUT2D eigenvalue weighted by Gasteiger charge is -2.20. The maximum Gasteiger partial charge on any atom is 0.419 e. The third kappa shape index (κ3) is 3.92. The van der Waals surface area contributed by atoms with Gasteiger partial charge in [-0.2, -0.15) is 0 Å². The van der Waals surface area contributed by atoms with E-state index in [4.69, 9.17) is 4.74 Å². The van der Waals surface area contributed by atoms with Crippen molar-refractivity contribution in [1.82, 2.24) is 4.57 Å². The monoisotopic (exact) mass is 393 g/mol. The lowest BCUT2D eigenvalue weighted by atomic mass is 9.99. The van der Waals surface area contributed by atoms with Crippen LogP contribution in [0.25, 0.3) is 10.9 Å². The van der Waals surface area contributed by atoms with Gasteiger partial charge in [-0.25, -0.2) is 14.2 Å². The van der Waals surface area contributed by atoms with Crippen LogP contribution in [0, 0.1) is 6.92 Å². The van der Waals surface area contributed by atoms with E-state index in [-0.39, 0.29) is 5.78 Å². The van der Waals surface area contributed by atoms with E-state index >= 15 is 0 Å². The molecule has 0 radical (unpaired) electrons. The first kappa shape index (κ1) is 20.3. The maximum atomic E-state index is 13.3. The molecule has 0 bridgehead atoms. The van der Waals surface area contributed by atoms with Gasteiger partial charge in [0.15, 0.2) is 5.78 Å². The Kier molecular flexibility index (Phi) is 5.29. The molecule has 6 nitrogen and oxygen atoms in total. The number of ether oxygens (including phenoxy) is 2. The highest BCUT2D eigenvalue weighted by Gasteiger charge is 2.26. The summed E-state index contributed by atoms with van der Waals surface area (Å²) in [7, 11) is 1.30. The van der Waals surface area contributed by atoms with Crippen molar-refractivity contribution in [3.8, 4) is 0 Å². The molecule has 0 saturated heterocycles. The van der Waals surface area contributed by atoms with Gasteiger partial charge in [0, 0.05) is 16.6 Å². The van der Waals surface area contributed by atoms with Crippen LogP contribution in [0.4, 0.5) is 4.79 Å². The third-order valence-corrected chi connectivity index (χ3v) is 4.48. The summed E-state index contributed by atoms with van der Waals surface area (Å²) in [5.41, 5.74) is 1.64. The fourth-order valence-electron chi connectivity index (χ4n) is 3.22. The van der Waals surface area contributed by atoms with Crippen molar-refractivity contribution in [1.29, 1.82) is 0 Å². The number of aromatic nitrogens is 1. The molecular weight excluding hydrogens is 370 g/mol. The molecule has 0 aliphatic carbocycles. The van der Waals surface area contributed by atoms with Crippen molar-refractivity contribution in [3.05, 3.63) is 70.9 Å². The Bertz CT molecular complexity index is 1100. The van der Waals surface area contributed by atoms with Crippen molar-refractivity contribution >= 4 is 28.7 Å². The van der Waals surface area contributed by atoms with Gasteiger partial charge in [0.1, 0.15) is 5.60 Å². The van der Waals surface area contributed by atoms with Crippen molar-refractivity contribution in [2.75, 3.05) is 7.11 Å². The first-order valence-corrected chi connectivity index (χ1v) is 9.20. The molecule has 0 aliphatic heterocycles. The normalized spacial score (nSPS) is 11.3. The summed E-state index contributed by atoms with van der Waals surface area (Å²) >= 11 is 0. The lowest BCUT2D eigenvalue weighted by Crippen LogP contribution is -2.27. The second kappa shape index (κ2) is 7.54. The molecule has 2 aromatic carbocycles. The van der Waals surface area contributed by atoms with E-state index in [1.54, 1.807) is 64.1 Å². The zero-order valence-electron chi connectivity index (χ0n) is 17.1. The van der Waals surface area contributed by atoms with Gasteiger partial charge in [0.25, 0.3) is 0 Å². The van der Waals surface area contributed by atoms with Crippen LogP contribution in [0.1, 0.15) is 52.7 Å². The molecule has 0 unspecified atom stereocenters. The van der Waals surface area contributed by atoms with Crippen LogP contribution in [-0.4, -0.2) is 35.1 Å². The second-order valence-electron chi connectivity index (χ2n) is 7.69. The predicted molar refractivity (Wildman–Crippen MR) is 110 cm³/mol. The third-order valence-electron chi connectivity index (χ3n) is 4.48. The number of methoxy groups -OCH3 is 1. The largest absolute Gasteiger partial charge is 0.465 e. The van der Waals surface area contributed by atoms with Crippen molar-refractivity contribution in [2.45, 2.75) is 33.3 Å². The molecule has 1 heterocycles. The average molecular weight is 393 g/mol. The van der Waals surface area contributed by atoms with Gasteiger partial charge in [0.2, 0.25) is 0 Å². The Morgan fingerprint density at radius 3 is 2.07 bits per heavy atom. The molecule has 6 heteroatoms. The number of carbonyl (C=O) groups excluding carboxylic acids is 3. The fraction of sp³-hybridized carbons (Fsp3) is 0.261. The molecule has 3 rings (SSSR count). The average Bonchev–Trinajstić information content (AvgIpc) is 2.97. The van der Waals surface area contributed by atoms with E-state index < -0.39 is 17.7 Å². The van der Waals surface area contributed by atoms with Crippen LogP contribution >= 0.6 is 0 Å². The molecule has 0 aliphatic rings. The van der Waals surface area contributed by atoms with E-state index in [1.807, 2.05) is 12.1 Å². The summed E-state index contributed by atoms with van der Waals surface area (Å²) in [4.78, 5) is 37.7. The van der Waals surface area contributed by atoms with Crippen LogP contribution < -0.4 is 0 Å². The van der Waals surface area contributed by atoms with Crippen LogP contribution in [0.15, 0.2) is 48.5 Å². The Labute approximate surface area is 169 Å². The number of ketones is 1. The van der Waals surface area contributed by atoms with E-state index in [9.17, 15) is 14.4 Å². The van der Waals surface area contributed by atoms with Gasteiger partial charge < -0.3 is 9.47 Å². The molecule has 0 amide bonds. The van der Waals surface area contributed by atoms with Gasteiger partial charge in [0.05, 0.1) is 23.8 Å². The number of nitrogens with zero attached hydrogens (tertiary/aromatic N) is 1. The molecule has 0 spiro atoms. The van der Waals surface area contributed by atoms with Crippen LogP contribution in [0.2, 0.25) is 0 Å². The Hall–Kier alpha value is -3.41. The first-order valence-electron chi connectivity index (χ1n) is 9.20. The number of carbonyl (C=O) groups is 3. The summed E-state index contributed by atoms with van der Waals surface area (Å²) in [6.07, 6.45) is -0.536. The highest BCUT2D eigenvalue weighted by Crippen LogP contribution is 2.29. The van der Waals surface area contributed by atoms with E-state index in [0.717, 1.165) is 0 Å². The summed E-state index contributed by atoms with van der Waals surface area (Å²) in [6, 6.07) is 13.5. The van der Waals surface area contributed by atoms with Crippen molar-refractivity contribution < 1.29 is 23.9 Å². The molecule has 0 saturated carbocycles. The quantitative estimate of drug-likeness (QED) is 0.474. The molecule has 0 N–H and O–H groups in total. The van der Waals surface area contributed by atoms with Crippen molar-refractivity contribution in [3.63, 3.8) is 0 Å².